The van der Waals surface area contributed by atoms with Crippen LogP contribution in [-0.4, -0.2) is 84.8 Å². The molecular formula is C35H48FN3O9. The second kappa shape index (κ2) is 18.0. The van der Waals surface area contributed by atoms with Crippen molar-refractivity contribution >= 4 is 30.2 Å². The van der Waals surface area contributed by atoms with Gasteiger partial charge in [0.2, 0.25) is 5.91 Å². The van der Waals surface area contributed by atoms with E-state index in [2.05, 4.69) is 10.6 Å². The summed E-state index contributed by atoms with van der Waals surface area (Å²) in [5.41, 5.74) is -0.625. The number of carbonyl (C=O) groups is 5. The van der Waals surface area contributed by atoms with Crippen molar-refractivity contribution in [1.29, 1.82) is 0 Å². The van der Waals surface area contributed by atoms with Crippen LogP contribution in [0.25, 0.3) is 0 Å². The molecule has 264 valence electrons. The van der Waals surface area contributed by atoms with Crippen LogP contribution in [0.15, 0.2) is 60.7 Å². The highest BCUT2D eigenvalue weighted by Gasteiger charge is 2.42. The molecule has 0 heterocycles. The van der Waals surface area contributed by atoms with E-state index in [4.69, 9.17) is 18.9 Å². The number of alkyl carbamates (subject to hydrolysis) is 1. The number of benzene rings is 2. The van der Waals surface area contributed by atoms with E-state index in [1.807, 2.05) is 60.7 Å². The van der Waals surface area contributed by atoms with Crippen LogP contribution < -0.4 is 10.6 Å². The maximum Gasteiger partial charge on any atom is 0.420 e. The van der Waals surface area contributed by atoms with E-state index < -0.39 is 72.0 Å². The van der Waals surface area contributed by atoms with E-state index in [1.165, 1.54) is 14.0 Å². The number of hydrogen-bond donors (Lipinski definition) is 2. The van der Waals surface area contributed by atoms with Gasteiger partial charge in [-0.05, 0) is 66.0 Å². The van der Waals surface area contributed by atoms with Gasteiger partial charge in [-0.15, -0.1) is 0 Å². The monoisotopic (exact) mass is 673 g/mol. The molecule has 2 aromatic carbocycles. The molecule has 0 radical (unpaired) electrons. The van der Waals surface area contributed by atoms with Crippen molar-refractivity contribution in [3.8, 4) is 0 Å². The number of methoxy groups -OCH3 is 1. The first-order valence-corrected chi connectivity index (χ1v) is 15.7. The molecule has 3 unspecified atom stereocenters. The minimum atomic E-state index is -1.81. The fourth-order valence-electron chi connectivity index (χ4n) is 4.70. The second-order valence-corrected chi connectivity index (χ2v) is 12.9. The predicted molar refractivity (Wildman–Crippen MR) is 176 cm³/mol. The van der Waals surface area contributed by atoms with Crippen LogP contribution in [0.1, 0.15) is 78.4 Å². The van der Waals surface area contributed by atoms with E-state index in [0.29, 0.717) is 4.90 Å². The zero-order valence-corrected chi connectivity index (χ0v) is 28.9. The van der Waals surface area contributed by atoms with Gasteiger partial charge in [0.1, 0.15) is 29.5 Å². The number of rotatable bonds is 13. The van der Waals surface area contributed by atoms with Gasteiger partial charge in [0.25, 0.3) is 0 Å². The molecule has 0 aliphatic rings. The van der Waals surface area contributed by atoms with Crippen LogP contribution in [0.3, 0.4) is 0 Å². The van der Waals surface area contributed by atoms with Gasteiger partial charge in [-0.25, -0.2) is 23.6 Å². The molecule has 2 rings (SSSR count). The second-order valence-electron chi connectivity index (χ2n) is 12.9. The minimum absolute atomic E-state index is 0.0998. The third-order valence-corrected chi connectivity index (χ3v) is 6.68. The lowest BCUT2D eigenvalue weighted by Gasteiger charge is -2.32. The summed E-state index contributed by atoms with van der Waals surface area (Å²) in [6, 6.07) is 15.3. The Morgan fingerprint density at radius 2 is 1.29 bits per heavy atom. The first-order valence-electron chi connectivity index (χ1n) is 15.7. The molecule has 3 atom stereocenters. The highest BCUT2D eigenvalue weighted by Crippen LogP contribution is 2.29. The zero-order chi connectivity index (χ0) is 36.1. The average molecular weight is 674 g/mol. The number of halogens is 1. The lowest BCUT2D eigenvalue weighted by Crippen LogP contribution is -2.53. The van der Waals surface area contributed by atoms with Crippen LogP contribution >= 0.6 is 0 Å². The lowest BCUT2D eigenvalue weighted by molar-refractivity contribution is -0.150. The van der Waals surface area contributed by atoms with Gasteiger partial charge in [0.15, 0.2) is 0 Å². The number of imide groups is 1. The van der Waals surface area contributed by atoms with Crippen molar-refractivity contribution in [3.63, 3.8) is 0 Å². The highest BCUT2D eigenvalue weighted by atomic mass is 19.1. The van der Waals surface area contributed by atoms with Crippen LogP contribution in [0.5, 0.6) is 0 Å². The van der Waals surface area contributed by atoms with Gasteiger partial charge in [-0.3, -0.25) is 4.79 Å². The molecule has 0 aliphatic carbocycles. The summed E-state index contributed by atoms with van der Waals surface area (Å²) in [5.74, 6) is -2.27. The molecular weight excluding hydrogens is 625 g/mol. The summed E-state index contributed by atoms with van der Waals surface area (Å²) >= 11 is 0. The molecule has 48 heavy (non-hydrogen) atoms. The maximum absolute atomic E-state index is 15.6. The predicted octanol–water partition coefficient (Wildman–Crippen LogP) is 5.88. The Kier molecular flexibility index (Phi) is 14.8. The van der Waals surface area contributed by atoms with Crippen molar-refractivity contribution in [1.82, 2.24) is 15.5 Å². The minimum Gasteiger partial charge on any atom is -0.464 e. The Hall–Kier alpha value is -4.68. The highest BCUT2D eigenvalue weighted by molar-refractivity contribution is 5.94. The third-order valence-electron chi connectivity index (χ3n) is 6.68. The SMILES string of the molecule is CCOC(=O)C(CC(F)CCNC(=O)C(NC(=O)OC)C(c1ccccc1)c1ccccc1)N(C(=O)OC(C)(C)C)C(=O)OC(C)(C)C. The van der Waals surface area contributed by atoms with E-state index in [0.717, 1.165) is 11.1 Å². The lowest BCUT2D eigenvalue weighted by atomic mass is 9.84. The normalized spacial score (nSPS) is 13.4. The van der Waals surface area contributed by atoms with E-state index in [-0.39, 0.29) is 19.6 Å². The van der Waals surface area contributed by atoms with Crippen molar-refractivity contribution in [3.05, 3.63) is 71.8 Å². The van der Waals surface area contributed by atoms with Gasteiger partial charge >= 0.3 is 24.2 Å². The van der Waals surface area contributed by atoms with E-state index in [1.54, 1.807) is 41.5 Å². The number of alkyl halides is 1. The summed E-state index contributed by atoms with van der Waals surface area (Å²) in [6.45, 7) is 10.6. The molecule has 4 amide bonds. The molecule has 0 aliphatic heterocycles. The Balaban J connectivity index is 2.31. The number of hydrogen-bond acceptors (Lipinski definition) is 9. The molecule has 13 heteroatoms. The number of carbonyl (C=O) groups excluding carboxylic acids is 5. The molecule has 2 aromatic rings. The molecule has 0 saturated heterocycles. The molecule has 0 bridgehead atoms. The number of esters is 1. The molecule has 2 N–H and O–H groups in total. The summed E-state index contributed by atoms with van der Waals surface area (Å²) in [7, 11) is 1.18. The third kappa shape index (κ3) is 12.8. The summed E-state index contributed by atoms with van der Waals surface area (Å²) in [5, 5.41) is 5.27. The fourth-order valence-corrected chi connectivity index (χ4v) is 4.70. The molecule has 0 spiro atoms. The average Bonchev–Trinajstić information content (AvgIpc) is 2.99. The van der Waals surface area contributed by atoms with E-state index in [9.17, 15) is 24.0 Å². The smallest absolute Gasteiger partial charge is 0.420 e. The number of nitrogens with one attached hydrogen (secondary N) is 2. The maximum atomic E-state index is 15.6. The zero-order valence-electron chi connectivity index (χ0n) is 28.9. The summed E-state index contributed by atoms with van der Waals surface area (Å²) in [4.78, 5) is 65.8. The van der Waals surface area contributed by atoms with Crippen molar-refractivity contribution in [2.75, 3.05) is 20.3 Å². The van der Waals surface area contributed by atoms with Gasteiger partial charge in [0, 0.05) is 18.9 Å². The molecule has 0 aromatic heterocycles. The van der Waals surface area contributed by atoms with Crippen molar-refractivity contribution in [2.45, 2.75) is 96.7 Å². The van der Waals surface area contributed by atoms with Crippen LogP contribution in [-0.2, 0) is 28.5 Å². The number of nitrogens with zero attached hydrogens (tertiary/aromatic N) is 1. The molecule has 12 nitrogen and oxygen atoms in total. The van der Waals surface area contributed by atoms with Crippen LogP contribution in [0.4, 0.5) is 18.8 Å². The fraction of sp³-hybridized carbons (Fsp3) is 0.514. The largest absolute Gasteiger partial charge is 0.464 e. The topological polar surface area (TPSA) is 150 Å². The standard InChI is InChI=1S/C35H48FN3O9/c1-9-46-30(41)26(39(32(43)47-34(2,3)4)33(44)48-35(5,6)7)22-25(36)20-21-37-29(40)28(38-31(42)45-8)27(23-16-12-10-13-17-23)24-18-14-11-15-19-24/h10-19,25-28H,9,20-22H2,1-8H3,(H,37,40)(H,38,42). The van der Waals surface area contributed by atoms with Gasteiger partial charge in [-0.2, -0.15) is 4.90 Å². The Morgan fingerprint density at radius 3 is 1.71 bits per heavy atom. The number of ether oxygens (including phenoxy) is 4. The van der Waals surface area contributed by atoms with E-state index >= 15 is 4.39 Å². The molecule has 0 fully saturated rings. The first-order chi connectivity index (χ1) is 22.5. The molecule has 0 saturated carbocycles. The van der Waals surface area contributed by atoms with Crippen molar-refractivity contribution in [2.24, 2.45) is 0 Å². The number of amides is 4. The van der Waals surface area contributed by atoms with Crippen molar-refractivity contribution < 1.29 is 47.3 Å². The van der Waals surface area contributed by atoms with Crippen LogP contribution in [0.2, 0.25) is 0 Å². The van der Waals surface area contributed by atoms with Gasteiger partial charge in [0.05, 0.1) is 13.7 Å². The Bertz CT molecular complexity index is 1290. The quantitative estimate of drug-likeness (QED) is 0.196. The Morgan fingerprint density at radius 1 is 0.812 bits per heavy atom. The van der Waals surface area contributed by atoms with Gasteiger partial charge < -0.3 is 29.6 Å². The summed E-state index contributed by atoms with van der Waals surface area (Å²) in [6.07, 6.45) is -6.03. The first kappa shape index (κ1) is 39.5. The Labute approximate surface area is 281 Å². The summed E-state index contributed by atoms with van der Waals surface area (Å²) < 4.78 is 36.2. The van der Waals surface area contributed by atoms with Crippen LogP contribution in [0, 0.1) is 0 Å². The van der Waals surface area contributed by atoms with Gasteiger partial charge in [-0.1, -0.05) is 60.7 Å².